The number of hydrogen-bond acceptors (Lipinski definition) is 10. The summed E-state index contributed by atoms with van der Waals surface area (Å²) in [5.74, 6) is -2.38. The molecule has 0 saturated carbocycles. The fourth-order valence-electron chi connectivity index (χ4n) is 5.79. The van der Waals surface area contributed by atoms with E-state index in [1.807, 2.05) is 0 Å². The number of hydrogen-bond donors (Lipinski definition) is 6. The molecule has 1 amide bonds. The van der Waals surface area contributed by atoms with E-state index in [0.29, 0.717) is 27.9 Å². The number of halogens is 1. The molecule has 2 aliphatic heterocycles. The Kier molecular flexibility index (Phi) is 9.42. The van der Waals surface area contributed by atoms with Crippen molar-refractivity contribution in [3.8, 4) is 22.6 Å². The number of carbonyl (C=O) groups excluding carboxylic acids is 1. The summed E-state index contributed by atoms with van der Waals surface area (Å²) in [6.45, 7) is -0.255. The smallest absolute Gasteiger partial charge is 0.335 e. The van der Waals surface area contributed by atoms with Crippen LogP contribution < -0.4 is 9.64 Å². The van der Waals surface area contributed by atoms with Crippen molar-refractivity contribution in [2.24, 2.45) is 0 Å². The lowest BCUT2D eigenvalue weighted by Crippen LogP contribution is -2.61. The molecule has 6 N–H and O–H groups in total. The van der Waals surface area contributed by atoms with Gasteiger partial charge >= 0.3 is 5.97 Å². The Labute approximate surface area is 273 Å². The summed E-state index contributed by atoms with van der Waals surface area (Å²) >= 11 is 0. The highest BCUT2D eigenvalue weighted by Gasteiger charge is 2.51. The van der Waals surface area contributed by atoms with E-state index in [1.165, 1.54) is 41.3 Å². The van der Waals surface area contributed by atoms with E-state index in [1.54, 1.807) is 60.7 Å². The molecule has 2 aliphatic rings. The molecule has 0 aliphatic carbocycles. The van der Waals surface area contributed by atoms with Crippen LogP contribution in [-0.2, 0) is 19.1 Å². The summed E-state index contributed by atoms with van der Waals surface area (Å²) in [6, 6.07) is 24.6. The van der Waals surface area contributed by atoms with Crippen molar-refractivity contribution in [3.63, 3.8) is 0 Å². The molecule has 12 nitrogen and oxygen atoms in total. The van der Waals surface area contributed by atoms with Gasteiger partial charge in [-0.2, -0.15) is 0 Å². The van der Waals surface area contributed by atoms with E-state index >= 15 is 0 Å². The second kappa shape index (κ2) is 13.7. The first-order valence-corrected chi connectivity index (χ1v) is 15.0. The number of para-hydroxylation sites is 1. The van der Waals surface area contributed by atoms with Gasteiger partial charge in [0, 0.05) is 11.3 Å². The molecular formula is C35H32FNO11. The number of benzene rings is 4. The lowest BCUT2D eigenvalue weighted by Gasteiger charge is -2.47. The highest BCUT2D eigenvalue weighted by Crippen LogP contribution is 2.45. The molecule has 2 heterocycles. The fraction of sp³-hybridized carbons (Fsp3) is 0.257. The first-order valence-electron chi connectivity index (χ1n) is 15.0. The number of aliphatic hydroxyl groups excluding tert-OH is 4. The van der Waals surface area contributed by atoms with Gasteiger partial charge < -0.3 is 44.8 Å². The third-order valence-corrected chi connectivity index (χ3v) is 8.35. The topological polar surface area (TPSA) is 186 Å². The summed E-state index contributed by atoms with van der Waals surface area (Å²) in [5, 5.41) is 61.6. The molecule has 4 unspecified atom stereocenters. The number of ether oxygens (including phenoxy) is 3. The minimum Gasteiger partial charge on any atom is -0.508 e. The summed E-state index contributed by atoms with van der Waals surface area (Å²) in [4.78, 5) is 26.3. The summed E-state index contributed by atoms with van der Waals surface area (Å²) in [6.07, 6.45) is -11.0. The van der Waals surface area contributed by atoms with Gasteiger partial charge in [0.15, 0.2) is 12.2 Å². The molecule has 0 bridgehead atoms. The molecule has 48 heavy (non-hydrogen) atoms. The van der Waals surface area contributed by atoms with Crippen molar-refractivity contribution in [2.75, 3.05) is 11.5 Å². The van der Waals surface area contributed by atoms with Gasteiger partial charge in [-0.3, -0.25) is 9.69 Å². The van der Waals surface area contributed by atoms with Crippen LogP contribution in [0.1, 0.15) is 23.3 Å². The van der Waals surface area contributed by atoms with Crippen molar-refractivity contribution in [2.45, 2.75) is 49.0 Å². The number of rotatable bonds is 10. The van der Waals surface area contributed by atoms with Gasteiger partial charge in [0.1, 0.15) is 47.8 Å². The van der Waals surface area contributed by atoms with Crippen molar-refractivity contribution in [1.82, 2.24) is 0 Å². The maximum absolute atomic E-state index is 13.3. The normalized spacial score (nSPS) is 26.1. The first-order chi connectivity index (χ1) is 23.0. The number of carboxylic acid groups (broad SMARTS) is 1. The zero-order chi connectivity index (χ0) is 34.1. The van der Waals surface area contributed by atoms with Crippen molar-refractivity contribution >= 4 is 17.6 Å². The van der Waals surface area contributed by atoms with Crippen LogP contribution in [0.5, 0.6) is 11.5 Å². The highest BCUT2D eigenvalue weighted by atomic mass is 19.1. The predicted molar refractivity (Wildman–Crippen MR) is 166 cm³/mol. The molecular weight excluding hydrogens is 629 g/mol. The van der Waals surface area contributed by atoms with Crippen LogP contribution in [0.25, 0.3) is 11.1 Å². The highest BCUT2D eigenvalue weighted by molar-refractivity contribution is 6.05. The standard InChI is InChI=1S/C35H32FNO11/c36-21-12-9-18(10-13-21)26(39)17-46-31-27(37(33(31)43)22-6-2-1-3-7-22)24-14-11-20(16-25(24)38)19-5-4-8-23(15-19)47-35-30(42)28(40)29(41)32(48-35)34(44)45/h1-16,26-32,35,38-42H,17H2,(H,44,45)/t26-,27+,28?,29?,30?,31+,32?,35+/m0/s1. The van der Waals surface area contributed by atoms with Crippen LogP contribution in [-0.4, -0.2) is 85.9 Å². The van der Waals surface area contributed by atoms with Crippen molar-refractivity contribution < 1.29 is 58.8 Å². The number of aliphatic hydroxyl groups is 4. The van der Waals surface area contributed by atoms with Gasteiger partial charge in [-0.25, -0.2) is 9.18 Å². The average molecular weight is 662 g/mol. The van der Waals surface area contributed by atoms with E-state index in [4.69, 9.17) is 14.2 Å². The van der Waals surface area contributed by atoms with E-state index in [9.17, 15) is 44.6 Å². The van der Waals surface area contributed by atoms with Gasteiger partial charge in [-0.15, -0.1) is 0 Å². The largest absolute Gasteiger partial charge is 0.508 e. The third kappa shape index (κ3) is 6.47. The van der Waals surface area contributed by atoms with E-state index < -0.39 is 60.7 Å². The molecule has 0 aromatic heterocycles. The van der Waals surface area contributed by atoms with E-state index in [0.717, 1.165) is 0 Å². The van der Waals surface area contributed by atoms with Gasteiger partial charge in [-0.1, -0.05) is 54.6 Å². The Bertz CT molecular complexity index is 1770. The Morgan fingerprint density at radius 2 is 1.58 bits per heavy atom. The van der Waals surface area contributed by atoms with E-state index in [-0.39, 0.29) is 24.0 Å². The second-order valence-electron chi connectivity index (χ2n) is 11.5. The van der Waals surface area contributed by atoms with Crippen molar-refractivity contribution in [3.05, 3.63) is 114 Å². The van der Waals surface area contributed by atoms with Crippen molar-refractivity contribution in [1.29, 1.82) is 0 Å². The summed E-state index contributed by atoms with van der Waals surface area (Å²) in [7, 11) is 0. The third-order valence-electron chi connectivity index (χ3n) is 8.35. The molecule has 4 aromatic rings. The predicted octanol–water partition coefficient (Wildman–Crippen LogP) is 2.68. The quantitative estimate of drug-likeness (QED) is 0.137. The molecule has 8 atom stereocenters. The Hall–Kier alpha value is -4.89. The number of anilines is 1. The number of β-lactam (4-membered cyclic amide) rings is 1. The molecule has 0 radical (unpaired) electrons. The Balaban J connectivity index is 1.23. The number of carbonyl (C=O) groups is 2. The first kappa shape index (κ1) is 33.0. The molecule has 6 rings (SSSR count). The minimum atomic E-state index is -1.86. The Morgan fingerprint density at radius 1 is 0.875 bits per heavy atom. The molecule has 13 heteroatoms. The SMILES string of the molecule is O=C(O)C1O[C@@H](Oc2cccc(-c3ccc([C@@H]4[C@@H](OC[C@H](O)c5ccc(F)cc5)C(=O)N4c4ccccc4)c(O)c3)c2)C(O)C(O)C1O. The van der Waals surface area contributed by atoms with Crippen LogP contribution in [0, 0.1) is 5.82 Å². The molecule has 0 spiro atoms. The monoisotopic (exact) mass is 661 g/mol. The lowest BCUT2D eigenvalue weighted by molar-refractivity contribution is -0.271. The Morgan fingerprint density at radius 3 is 2.27 bits per heavy atom. The lowest BCUT2D eigenvalue weighted by atomic mass is 9.88. The number of phenolic OH excluding ortho intramolecular Hbond substituents is 1. The zero-order valence-corrected chi connectivity index (χ0v) is 25.1. The average Bonchev–Trinajstić information content (AvgIpc) is 3.08. The van der Waals surface area contributed by atoms with Gasteiger partial charge in [0.05, 0.1) is 6.61 Å². The molecule has 2 saturated heterocycles. The summed E-state index contributed by atoms with van der Waals surface area (Å²) in [5.41, 5.74) is 2.45. The zero-order valence-electron chi connectivity index (χ0n) is 25.1. The van der Waals surface area contributed by atoms with Gasteiger partial charge in [-0.05, 0) is 59.2 Å². The second-order valence-corrected chi connectivity index (χ2v) is 11.5. The van der Waals surface area contributed by atoms with Gasteiger partial charge in [0.2, 0.25) is 6.29 Å². The van der Waals surface area contributed by atoms with Crippen LogP contribution in [0.4, 0.5) is 10.1 Å². The van der Waals surface area contributed by atoms with Crippen LogP contribution >= 0.6 is 0 Å². The van der Waals surface area contributed by atoms with Crippen LogP contribution in [0.2, 0.25) is 0 Å². The maximum Gasteiger partial charge on any atom is 0.335 e. The van der Waals surface area contributed by atoms with E-state index in [2.05, 4.69) is 0 Å². The molecule has 4 aromatic carbocycles. The minimum absolute atomic E-state index is 0.140. The number of nitrogens with zero attached hydrogens (tertiary/aromatic N) is 1. The number of carboxylic acids is 1. The van der Waals surface area contributed by atoms with Crippen LogP contribution in [0.15, 0.2) is 97.1 Å². The number of aliphatic carboxylic acids is 1. The maximum atomic E-state index is 13.3. The molecule has 2 fully saturated rings. The number of phenols is 1. The van der Waals surface area contributed by atoms with Crippen LogP contribution in [0.3, 0.4) is 0 Å². The van der Waals surface area contributed by atoms with Gasteiger partial charge in [0.25, 0.3) is 5.91 Å². The number of aromatic hydroxyl groups is 1. The fourth-order valence-corrected chi connectivity index (χ4v) is 5.79. The number of amides is 1. The summed E-state index contributed by atoms with van der Waals surface area (Å²) < 4.78 is 30.1. The molecule has 250 valence electrons.